The lowest BCUT2D eigenvalue weighted by Gasteiger charge is -2.28. The number of rotatable bonds is 6. The molecule has 1 fully saturated rings. The Morgan fingerprint density at radius 2 is 1.97 bits per heavy atom. The van der Waals surface area contributed by atoms with Gasteiger partial charge in [-0.15, -0.1) is 0 Å². The normalized spacial score (nSPS) is 14.4. The average Bonchev–Trinajstić information content (AvgIpc) is 3.08. The summed E-state index contributed by atoms with van der Waals surface area (Å²) in [7, 11) is -4.37. The van der Waals surface area contributed by atoms with Crippen molar-refractivity contribution in [2.24, 2.45) is 0 Å². The molecule has 7 nitrogen and oxygen atoms in total. The van der Waals surface area contributed by atoms with Crippen LogP contribution < -0.4 is 14.8 Å². The molecule has 0 unspecified atom stereocenters. The van der Waals surface area contributed by atoms with Crippen molar-refractivity contribution in [3.63, 3.8) is 0 Å². The topological polar surface area (TPSA) is 93.2 Å². The summed E-state index contributed by atoms with van der Waals surface area (Å²) in [6.45, 7) is 3.58. The van der Waals surface area contributed by atoms with Gasteiger partial charge in [-0.2, -0.15) is 4.37 Å². The van der Waals surface area contributed by atoms with E-state index in [2.05, 4.69) is 19.4 Å². The van der Waals surface area contributed by atoms with Crippen molar-refractivity contribution in [2.75, 3.05) is 17.8 Å². The highest BCUT2D eigenvalue weighted by Crippen LogP contribution is 2.32. The molecule has 2 N–H and O–H groups in total. The van der Waals surface area contributed by atoms with Crippen molar-refractivity contribution in [3.8, 4) is 11.5 Å². The Hall–Kier alpha value is -2.63. The standard InChI is InChI=1S/C18H16F2N4O3S2/c1-10-2-11(12-7-21-8-12)4-13(3-10)27-16-5-15(20)17(6-14(16)19)29(25,26)24-18-22-9-23-28-18/h2-6,9,12,21H,7-8H2,1H3,(H,22,23,24). The monoisotopic (exact) mass is 438 g/mol. The molecule has 0 radical (unpaired) electrons. The van der Waals surface area contributed by atoms with Crippen molar-refractivity contribution in [1.29, 1.82) is 0 Å². The Labute approximate surface area is 170 Å². The van der Waals surface area contributed by atoms with E-state index in [-0.39, 0.29) is 5.13 Å². The van der Waals surface area contributed by atoms with Crippen LogP contribution in [0.2, 0.25) is 0 Å². The number of hydrogen-bond acceptors (Lipinski definition) is 7. The second-order valence-electron chi connectivity index (χ2n) is 6.60. The fourth-order valence-corrected chi connectivity index (χ4v) is 4.64. The fourth-order valence-electron chi connectivity index (χ4n) is 2.90. The molecule has 1 aliphatic heterocycles. The number of nitrogens with zero attached hydrogens (tertiary/aromatic N) is 2. The van der Waals surface area contributed by atoms with Crippen LogP contribution in [0.5, 0.6) is 11.5 Å². The van der Waals surface area contributed by atoms with E-state index in [1.807, 2.05) is 13.0 Å². The van der Waals surface area contributed by atoms with Crippen LogP contribution in [-0.4, -0.2) is 30.9 Å². The zero-order chi connectivity index (χ0) is 20.6. The molecule has 0 amide bonds. The van der Waals surface area contributed by atoms with Gasteiger partial charge in [-0.3, -0.25) is 4.72 Å². The molecule has 29 heavy (non-hydrogen) atoms. The molecule has 11 heteroatoms. The minimum absolute atomic E-state index is 0.0529. The zero-order valence-electron chi connectivity index (χ0n) is 15.1. The molecular formula is C18H16F2N4O3S2. The molecule has 0 bridgehead atoms. The minimum atomic E-state index is -4.37. The van der Waals surface area contributed by atoms with E-state index in [1.165, 1.54) is 0 Å². The van der Waals surface area contributed by atoms with Gasteiger partial charge in [0.2, 0.25) is 5.13 Å². The molecule has 152 valence electrons. The highest BCUT2D eigenvalue weighted by molar-refractivity contribution is 7.93. The van der Waals surface area contributed by atoms with Gasteiger partial charge in [0.25, 0.3) is 10.0 Å². The first-order chi connectivity index (χ1) is 13.8. The van der Waals surface area contributed by atoms with Crippen LogP contribution in [0.25, 0.3) is 0 Å². The minimum Gasteiger partial charge on any atom is -0.454 e. The predicted molar refractivity (Wildman–Crippen MR) is 104 cm³/mol. The molecule has 1 aliphatic rings. The van der Waals surface area contributed by atoms with Gasteiger partial charge in [0.05, 0.1) is 0 Å². The first kappa shape index (κ1) is 19.7. The Bertz CT molecular complexity index is 1150. The van der Waals surface area contributed by atoms with Gasteiger partial charge in [-0.25, -0.2) is 22.2 Å². The van der Waals surface area contributed by atoms with Crippen LogP contribution in [0.1, 0.15) is 17.0 Å². The molecule has 2 aromatic carbocycles. The third-order valence-electron chi connectivity index (χ3n) is 4.41. The van der Waals surface area contributed by atoms with Crippen molar-refractivity contribution in [2.45, 2.75) is 17.7 Å². The average molecular weight is 438 g/mol. The number of nitrogens with one attached hydrogen (secondary N) is 2. The summed E-state index contributed by atoms with van der Waals surface area (Å²) < 4.78 is 64.9. The first-order valence-electron chi connectivity index (χ1n) is 8.60. The predicted octanol–water partition coefficient (Wildman–Crippen LogP) is 3.40. The SMILES string of the molecule is Cc1cc(Oc2cc(F)c(S(=O)(=O)Nc3ncns3)cc2F)cc(C2CNC2)c1. The summed E-state index contributed by atoms with van der Waals surface area (Å²) in [6, 6.07) is 6.80. The van der Waals surface area contributed by atoms with E-state index in [0.717, 1.165) is 48.1 Å². The summed E-state index contributed by atoms with van der Waals surface area (Å²) in [4.78, 5) is 2.82. The van der Waals surface area contributed by atoms with Crippen molar-refractivity contribution in [3.05, 3.63) is 59.4 Å². The number of aryl methyl sites for hydroxylation is 1. The van der Waals surface area contributed by atoms with Gasteiger partial charge in [0, 0.05) is 42.7 Å². The molecule has 1 saturated heterocycles. The second kappa shape index (κ2) is 7.65. The number of sulfonamides is 1. The van der Waals surface area contributed by atoms with Gasteiger partial charge in [-0.1, -0.05) is 6.07 Å². The molecule has 0 spiro atoms. The number of ether oxygens (including phenoxy) is 1. The lowest BCUT2D eigenvalue weighted by molar-refractivity contribution is 0.425. The molecule has 0 saturated carbocycles. The third-order valence-corrected chi connectivity index (χ3v) is 6.48. The highest BCUT2D eigenvalue weighted by Gasteiger charge is 2.24. The molecule has 1 aromatic heterocycles. The number of hydrogen-bond donors (Lipinski definition) is 2. The van der Waals surface area contributed by atoms with E-state index in [4.69, 9.17) is 4.74 Å². The number of anilines is 1. The number of benzene rings is 2. The highest BCUT2D eigenvalue weighted by atomic mass is 32.2. The quantitative estimate of drug-likeness (QED) is 0.613. The van der Waals surface area contributed by atoms with E-state index in [1.54, 1.807) is 12.1 Å². The number of halogens is 2. The molecule has 2 heterocycles. The van der Waals surface area contributed by atoms with E-state index >= 15 is 0 Å². The van der Waals surface area contributed by atoms with Crippen LogP contribution in [0.15, 0.2) is 41.6 Å². The number of aromatic nitrogens is 2. The van der Waals surface area contributed by atoms with Crippen molar-refractivity contribution >= 4 is 26.7 Å². The van der Waals surface area contributed by atoms with Crippen molar-refractivity contribution < 1.29 is 21.9 Å². The van der Waals surface area contributed by atoms with Crippen molar-refractivity contribution in [1.82, 2.24) is 14.7 Å². The molecule has 0 atom stereocenters. The van der Waals surface area contributed by atoms with Crippen LogP contribution in [0.4, 0.5) is 13.9 Å². The van der Waals surface area contributed by atoms with Crippen LogP contribution >= 0.6 is 11.5 Å². The zero-order valence-corrected chi connectivity index (χ0v) is 16.8. The van der Waals surface area contributed by atoms with Gasteiger partial charge >= 0.3 is 0 Å². The second-order valence-corrected chi connectivity index (χ2v) is 9.03. The summed E-state index contributed by atoms with van der Waals surface area (Å²) in [5.41, 5.74) is 1.96. The Morgan fingerprint density at radius 1 is 1.17 bits per heavy atom. The molecule has 3 aromatic rings. The van der Waals surface area contributed by atoms with Crippen LogP contribution in [0.3, 0.4) is 0 Å². The van der Waals surface area contributed by atoms with Crippen LogP contribution in [-0.2, 0) is 10.0 Å². The Kier molecular flexibility index (Phi) is 5.19. The summed E-state index contributed by atoms with van der Waals surface area (Å²) in [5.74, 6) is -1.85. The molecule has 0 aliphatic carbocycles. The largest absolute Gasteiger partial charge is 0.454 e. The Balaban J connectivity index is 1.61. The van der Waals surface area contributed by atoms with Gasteiger partial charge < -0.3 is 10.1 Å². The summed E-state index contributed by atoms with van der Waals surface area (Å²) in [6.07, 6.45) is 1.15. The summed E-state index contributed by atoms with van der Waals surface area (Å²) in [5, 5.41) is 3.13. The smallest absolute Gasteiger partial charge is 0.266 e. The molecule has 4 rings (SSSR count). The van der Waals surface area contributed by atoms with Gasteiger partial charge in [0.15, 0.2) is 11.6 Å². The summed E-state index contributed by atoms with van der Waals surface area (Å²) >= 11 is 0.774. The third kappa shape index (κ3) is 4.21. The van der Waals surface area contributed by atoms with E-state index < -0.39 is 32.3 Å². The molecular weight excluding hydrogens is 422 g/mol. The lowest BCUT2D eigenvalue weighted by atomic mass is 9.92. The first-order valence-corrected chi connectivity index (χ1v) is 10.9. The van der Waals surface area contributed by atoms with E-state index in [9.17, 15) is 17.2 Å². The maximum absolute atomic E-state index is 14.5. The van der Waals surface area contributed by atoms with Gasteiger partial charge in [-0.05, 0) is 30.2 Å². The van der Waals surface area contributed by atoms with Crippen LogP contribution in [0, 0.1) is 18.6 Å². The maximum atomic E-state index is 14.5. The maximum Gasteiger partial charge on any atom is 0.266 e. The fraction of sp³-hybridized carbons (Fsp3) is 0.222. The Morgan fingerprint density at radius 3 is 2.62 bits per heavy atom. The van der Waals surface area contributed by atoms with Gasteiger partial charge in [0.1, 0.15) is 22.8 Å². The lowest BCUT2D eigenvalue weighted by Crippen LogP contribution is -2.39. The van der Waals surface area contributed by atoms with E-state index in [0.29, 0.717) is 17.7 Å².